The molecule has 3 rings (SSSR count). The van der Waals surface area contributed by atoms with Gasteiger partial charge < -0.3 is 14.6 Å². The van der Waals surface area contributed by atoms with Crippen LogP contribution in [0.3, 0.4) is 0 Å². The van der Waals surface area contributed by atoms with E-state index in [1.165, 1.54) is 0 Å². The lowest BCUT2D eigenvalue weighted by molar-refractivity contribution is -0.119. The number of aryl methyl sites for hydroxylation is 1. The number of nitrogens with one attached hydrogen (secondary N) is 2. The molecule has 0 fully saturated rings. The summed E-state index contributed by atoms with van der Waals surface area (Å²) in [5.41, 5.74) is 7.54. The number of hydrogen-bond donors (Lipinski definition) is 2. The Bertz CT molecular complexity index is 1010. The summed E-state index contributed by atoms with van der Waals surface area (Å²) in [5.74, 6) is 0.602. The maximum Gasteiger partial charge on any atom is 0.259 e. The first kappa shape index (κ1) is 20.7. The second-order valence-corrected chi connectivity index (χ2v) is 7.43. The fourth-order valence-electron chi connectivity index (χ4n) is 3.01. The zero-order chi connectivity index (χ0) is 20.8. The van der Waals surface area contributed by atoms with E-state index in [-0.39, 0.29) is 12.5 Å². The van der Waals surface area contributed by atoms with Crippen molar-refractivity contribution in [2.75, 3.05) is 19.0 Å². The summed E-state index contributed by atoms with van der Waals surface area (Å²) in [6.45, 7) is 4.20. The molecule has 3 aromatic rings. The van der Waals surface area contributed by atoms with Crippen LogP contribution in [0.1, 0.15) is 17.0 Å². The number of rotatable bonds is 7. The molecule has 6 nitrogen and oxygen atoms in total. The minimum Gasteiger partial charge on any atom is -0.497 e. The molecule has 0 aliphatic carbocycles. The zero-order valence-electron chi connectivity index (χ0n) is 16.6. The first-order chi connectivity index (χ1) is 14.0. The van der Waals surface area contributed by atoms with Crippen molar-refractivity contribution in [3.8, 4) is 11.4 Å². The Balaban J connectivity index is 1.61. The van der Waals surface area contributed by atoms with Crippen LogP contribution in [0.2, 0.25) is 0 Å². The van der Waals surface area contributed by atoms with Crippen molar-refractivity contribution in [2.45, 2.75) is 13.8 Å². The molecule has 150 valence electrons. The van der Waals surface area contributed by atoms with Gasteiger partial charge in [-0.15, -0.1) is 0 Å². The van der Waals surface area contributed by atoms with E-state index in [1.807, 2.05) is 68.4 Å². The fraction of sp³-hybridized carbons (Fsp3) is 0.182. The van der Waals surface area contributed by atoms with Gasteiger partial charge in [0.2, 0.25) is 0 Å². The van der Waals surface area contributed by atoms with Gasteiger partial charge in [0, 0.05) is 32.8 Å². The molecule has 2 aromatic carbocycles. The molecular weight excluding hydrogens is 432 g/mol. The highest BCUT2D eigenvalue weighted by atomic mass is 79.9. The highest BCUT2D eigenvalue weighted by Crippen LogP contribution is 2.22. The van der Waals surface area contributed by atoms with Crippen LogP contribution in [-0.4, -0.2) is 30.3 Å². The van der Waals surface area contributed by atoms with Crippen LogP contribution in [-0.2, 0) is 4.79 Å². The molecule has 0 atom stereocenters. The minimum absolute atomic E-state index is 0.143. The summed E-state index contributed by atoms with van der Waals surface area (Å²) in [5, 5.41) is 7.15. The number of halogens is 1. The molecule has 0 radical (unpaired) electrons. The van der Waals surface area contributed by atoms with Crippen LogP contribution < -0.4 is 15.5 Å². The number of hydrazone groups is 1. The van der Waals surface area contributed by atoms with Crippen LogP contribution in [0.25, 0.3) is 5.69 Å². The number of carbonyl (C=O) groups excluding carboxylic acids is 1. The monoisotopic (exact) mass is 454 g/mol. The van der Waals surface area contributed by atoms with Crippen molar-refractivity contribution >= 4 is 33.7 Å². The predicted octanol–water partition coefficient (Wildman–Crippen LogP) is 4.43. The average Bonchev–Trinajstić information content (AvgIpc) is 3.01. The van der Waals surface area contributed by atoms with Crippen molar-refractivity contribution in [3.05, 3.63) is 76.0 Å². The topological polar surface area (TPSA) is 67.6 Å². The molecule has 29 heavy (non-hydrogen) atoms. The van der Waals surface area contributed by atoms with Gasteiger partial charge in [-0.2, -0.15) is 5.10 Å². The third-order valence-electron chi connectivity index (χ3n) is 4.49. The Hall–Kier alpha value is -3.06. The van der Waals surface area contributed by atoms with Gasteiger partial charge in [0.05, 0.1) is 19.9 Å². The van der Waals surface area contributed by atoms with E-state index in [9.17, 15) is 4.79 Å². The Kier molecular flexibility index (Phi) is 6.72. The smallest absolute Gasteiger partial charge is 0.259 e. The Labute approximate surface area is 178 Å². The third kappa shape index (κ3) is 5.26. The number of hydrogen-bond acceptors (Lipinski definition) is 4. The van der Waals surface area contributed by atoms with Crippen LogP contribution in [0, 0.1) is 13.8 Å². The number of methoxy groups -OCH3 is 1. The van der Waals surface area contributed by atoms with Gasteiger partial charge in [0.25, 0.3) is 5.91 Å². The number of benzene rings is 2. The van der Waals surface area contributed by atoms with Crippen LogP contribution in [0.15, 0.2) is 64.2 Å². The summed E-state index contributed by atoms with van der Waals surface area (Å²) in [4.78, 5) is 12.0. The predicted molar refractivity (Wildman–Crippen MR) is 120 cm³/mol. The van der Waals surface area contributed by atoms with E-state index < -0.39 is 0 Å². The third-order valence-corrected chi connectivity index (χ3v) is 5.02. The van der Waals surface area contributed by atoms with Gasteiger partial charge in [0.1, 0.15) is 5.75 Å². The molecule has 0 bridgehead atoms. The molecule has 2 N–H and O–H groups in total. The minimum atomic E-state index is -0.215. The summed E-state index contributed by atoms with van der Waals surface area (Å²) in [7, 11) is 1.65. The zero-order valence-corrected chi connectivity index (χ0v) is 18.2. The molecule has 1 heterocycles. The Morgan fingerprint density at radius 1 is 1.14 bits per heavy atom. The average molecular weight is 455 g/mol. The van der Waals surface area contributed by atoms with Crippen LogP contribution in [0.4, 0.5) is 5.69 Å². The van der Waals surface area contributed by atoms with Crippen molar-refractivity contribution in [3.63, 3.8) is 0 Å². The normalized spacial score (nSPS) is 10.9. The lowest BCUT2D eigenvalue weighted by Gasteiger charge is -2.10. The lowest BCUT2D eigenvalue weighted by Crippen LogP contribution is -2.25. The van der Waals surface area contributed by atoms with Crippen LogP contribution >= 0.6 is 15.9 Å². The quantitative estimate of drug-likeness (QED) is 0.409. The van der Waals surface area contributed by atoms with Crippen molar-refractivity contribution in [1.82, 2.24) is 9.99 Å². The van der Waals surface area contributed by atoms with Gasteiger partial charge in [-0.05, 0) is 68.4 Å². The molecule has 0 aliphatic rings. The molecule has 0 unspecified atom stereocenters. The molecule has 0 spiro atoms. The number of aromatic nitrogens is 1. The molecule has 0 saturated heterocycles. The highest BCUT2D eigenvalue weighted by molar-refractivity contribution is 9.10. The standard InChI is InChI=1S/C22H23BrN4O2/c1-15-12-17(16(2)27(15)20-8-10-21(29-3)11-9-20)13-25-26-22(28)14-24-19-6-4-18(23)5-7-19/h4-13,24H,14H2,1-3H3,(H,26,28)/b25-13-. The molecule has 0 saturated carbocycles. The maximum absolute atomic E-state index is 12.0. The van der Waals surface area contributed by atoms with Crippen molar-refractivity contribution in [1.29, 1.82) is 0 Å². The second-order valence-electron chi connectivity index (χ2n) is 6.51. The van der Waals surface area contributed by atoms with E-state index in [0.717, 1.165) is 38.5 Å². The molecule has 7 heteroatoms. The number of amides is 1. The van der Waals surface area contributed by atoms with E-state index in [0.29, 0.717) is 0 Å². The number of nitrogens with zero attached hydrogens (tertiary/aromatic N) is 2. The van der Waals surface area contributed by atoms with E-state index >= 15 is 0 Å². The molecule has 0 aliphatic heterocycles. The maximum atomic E-state index is 12.0. The van der Waals surface area contributed by atoms with Gasteiger partial charge in [-0.25, -0.2) is 5.43 Å². The first-order valence-electron chi connectivity index (χ1n) is 9.12. The van der Waals surface area contributed by atoms with E-state index in [1.54, 1.807) is 13.3 Å². The largest absolute Gasteiger partial charge is 0.497 e. The Morgan fingerprint density at radius 3 is 2.48 bits per heavy atom. The van der Waals surface area contributed by atoms with E-state index in [4.69, 9.17) is 4.74 Å². The Morgan fingerprint density at radius 2 is 1.83 bits per heavy atom. The van der Waals surface area contributed by atoms with Gasteiger partial charge in [-0.1, -0.05) is 15.9 Å². The van der Waals surface area contributed by atoms with Gasteiger partial charge in [0.15, 0.2) is 0 Å². The molecular formula is C22H23BrN4O2. The SMILES string of the molecule is COc1ccc(-n2c(C)cc(/C=N\NC(=O)CNc3ccc(Br)cc3)c2C)cc1. The van der Waals surface area contributed by atoms with E-state index in [2.05, 4.69) is 36.3 Å². The number of carbonyl (C=O) groups is 1. The first-order valence-corrected chi connectivity index (χ1v) is 9.92. The molecule has 1 amide bonds. The van der Waals surface area contributed by atoms with Gasteiger partial charge >= 0.3 is 0 Å². The highest BCUT2D eigenvalue weighted by Gasteiger charge is 2.09. The number of anilines is 1. The van der Waals surface area contributed by atoms with Gasteiger partial charge in [-0.3, -0.25) is 4.79 Å². The fourth-order valence-corrected chi connectivity index (χ4v) is 3.27. The summed E-state index contributed by atoms with van der Waals surface area (Å²) in [6, 6.07) is 17.5. The summed E-state index contributed by atoms with van der Waals surface area (Å²) >= 11 is 3.38. The van der Waals surface area contributed by atoms with Crippen LogP contribution in [0.5, 0.6) is 5.75 Å². The molecule has 1 aromatic heterocycles. The second kappa shape index (κ2) is 9.43. The summed E-state index contributed by atoms with van der Waals surface area (Å²) < 4.78 is 8.35. The number of ether oxygens (including phenoxy) is 1. The summed E-state index contributed by atoms with van der Waals surface area (Å²) in [6.07, 6.45) is 1.67. The van der Waals surface area contributed by atoms with Crippen molar-refractivity contribution < 1.29 is 9.53 Å². The lowest BCUT2D eigenvalue weighted by atomic mass is 10.2. The van der Waals surface area contributed by atoms with Crippen molar-refractivity contribution in [2.24, 2.45) is 5.10 Å².